The molecular formula is C11H18N2O4S. The summed E-state index contributed by atoms with van der Waals surface area (Å²) in [7, 11) is -0.358. The summed E-state index contributed by atoms with van der Waals surface area (Å²) in [6.45, 7) is 2.26. The summed E-state index contributed by atoms with van der Waals surface area (Å²) in [6.07, 6.45) is 0. The maximum atomic E-state index is 11.4. The van der Waals surface area contributed by atoms with E-state index in [4.69, 9.17) is 9.47 Å². The fourth-order valence-electron chi connectivity index (χ4n) is 1.41. The Kier molecular flexibility index (Phi) is 5.39. The van der Waals surface area contributed by atoms with Crippen LogP contribution in [0.2, 0.25) is 0 Å². The maximum absolute atomic E-state index is 11.4. The second kappa shape index (κ2) is 6.58. The van der Waals surface area contributed by atoms with E-state index in [9.17, 15) is 8.42 Å². The van der Waals surface area contributed by atoms with Gasteiger partial charge in [-0.25, -0.2) is 4.72 Å². The molecule has 0 aromatic heterocycles. The van der Waals surface area contributed by atoms with Gasteiger partial charge < -0.3 is 9.47 Å². The zero-order valence-electron chi connectivity index (χ0n) is 10.7. The van der Waals surface area contributed by atoms with Crippen molar-refractivity contribution in [1.29, 1.82) is 0 Å². The molecule has 0 radical (unpaired) electrons. The molecule has 2 N–H and O–H groups in total. The van der Waals surface area contributed by atoms with Crippen LogP contribution in [-0.4, -0.2) is 29.2 Å². The van der Waals surface area contributed by atoms with Crippen LogP contribution >= 0.6 is 0 Å². The number of benzene rings is 1. The molecule has 0 aliphatic carbocycles. The smallest absolute Gasteiger partial charge is 0.277 e. The van der Waals surface area contributed by atoms with Crippen molar-refractivity contribution in [3.63, 3.8) is 0 Å². The van der Waals surface area contributed by atoms with Gasteiger partial charge in [0.05, 0.1) is 14.2 Å². The second-order valence-electron chi connectivity index (χ2n) is 3.51. The molecule has 1 aromatic rings. The number of nitrogens with one attached hydrogen (secondary N) is 2. The first-order valence-electron chi connectivity index (χ1n) is 5.47. The van der Waals surface area contributed by atoms with E-state index >= 15 is 0 Å². The van der Waals surface area contributed by atoms with E-state index in [0.717, 1.165) is 5.56 Å². The quantitative estimate of drug-likeness (QED) is 0.765. The molecule has 0 unspecified atom stereocenters. The zero-order valence-corrected chi connectivity index (χ0v) is 11.5. The minimum absolute atomic E-state index is 0.190. The van der Waals surface area contributed by atoms with Crippen LogP contribution in [0.15, 0.2) is 18.2 Å². The molecule has 0 bridgehead atoms. The Morgan fingerprint density at radius 1 is 1.11 bits per heavy atom. The van der Waals surface area contributed by atoms with Crippen molar-refractivity contribution in [1.82, 2.24) is 9.44 Å². The van der Waals surface area contributed by atoms with E-state index in [2.05, 4.69) is 9.44 Å². The van der Waals surface area contributed by atoms with Gasteiger partial charge in [-0.1, -0.05) is 13.0 Å². The molecule has 7 heteroatoms. The fraction of sp³-hybridized carbons (Fsp3) is 0.455. The number of rotatable bonds is 7. The lowest BCUT2D eigenvalue weighted by molar-refractivity contribution is 0.354. The molecule has 0 amide bonds. The third kappa shape index (κ3) is 4.17. The molecule has 6 nitrogen and oxygen atoms in total. The molecular weight excluding hydrogens is 256 g/mol. The SMILES string of the molecule is CCNS(=O)(=O)NCc1ccc(OC)c(OC)c1. The molecule has 0 saturated carbocycles. The maximum Gasteiger partial charge on any atom is 0.277 e. The lowest BCUT2D eigenvalue weighted by Crippen LogP contribution is -2.35. The number of hydrogen-bond acceptors (Lipinski definition) is 4. The van der Waals surface area contributed by atoms with Gasteiger partial charge in [0.15, 0.2) is 11.5 Å². The molecule has 18 heavy (non-hydrogen) atoms. The van der Waals surface area contributed by atoms with Crippen molar-refractivity contribution < 1.29 is 17.9 Å². The van der Waals surface area contributed by atoms with Crippen molar-refractivity contribution in [3.05, 3.63) is 23.8 Å². The Morgan fingerprint density at radius 2 is 1.78 bits per heavy atom. The molecule has 0 fully saturated rings. The molecule has 0 atom stereocenters. The van der Waals surface area contributed by atoms with Crippen molar-refractivity contribution in [3.8, 4) is 11.5 Å². The molecule has 0 saturated heterocycles. The van der Waals surface area contributed by atoms with Crippen LogP contribution in [-0.2, 0) is 16.8 Å². The second-order valence-corrected chi connectivity index (χ2v) is 5.10. The van der Waals surface area contributed by atoms with Crippen LogP contribution in [0.25, 0.3) is 0 Å². The standard InChI is InChI=1S/C11H18N2O4S/c1-4-12-18(14,15)13-8-9-5-6-10(16-2)11(7-9)17-3/h5-7,12-13H,4,8H2,1-3H3. The highest BCUT2D eigenvalue weighted by molar-refractivity contribution is 7.87. The minimum atomic E-state index is -3.44. The lowest BCUT2D eigenvalue weighted by atomic mass is 10.2. The Balaban J connectivity index is 2.74. The fourth-order valence-corrected chi connectivity index (χ4v) is 2.25. The van der Waals surface area contributed by atoms with E-state index in [1.54, 1.807) is 32.2 Å². The van der Waals surface area contributed by atoms with Crippen LogP contribution in [0, 0.1) is 0 Å². The van der Waals surface area contributed by atoms with Gasteiger partial charge in [-0.3, -0.25) is 0 Å². The highest BCUT2D eigenvalue weighted by atomic mass is 32.2. The normalized spacial score (nSPS) is 11.3. The summed E-state index contributed by atoms with van der Waals surface area (Å²) >= 11 is 0. The van der Waals surface area contributed by atoms with Crippen LogP contribution in [0.3, 0.4) is 0 Å². The highest BCUT2D eigenvalue weighted by Gasteiger charge is 2.09. The molecule has 0 aliphatic rings. The van der Waals surface area contributed by atoms with Crippen LogP contribution in [0.1, 0.15) is 12.5 Å². The highest BCUT2D eigenvalue weighted by Crippen LogP contribution is 2.27. The topological polar surface area (TPSA) is 76.7 Å². The average Bonchev–Trinajstić information content (AvgIpc) is 2.36. The average molecular weight is 274 g/mol. The first-order valence-corrected chi connectivity index (χ1v) is 6.96. The van der Waals surface area contributed by atoms with Gasteiger partial charge in [-0.2, -0.15) is 13.1 Å². The Labute approximate surface area is 107 Å². The number of methoxy groups -OCH3 is 2. The minimum Gasteiger partial charge on any atom is -0.493 e. The predicted molar refractivity (Wildman–Crippen MR) is 69.0 cm³/mol. The van der Waals surface area contributed by atoms with E-state index < -0.39 is 10.2 Å². The first kappa shape index (κ1) is 14.7. The monoisotopic (exact) mass is 274 g/mol. The lowest BCUT2D eigenvalue weighted by Gasteiger charge is -2.10. The van der Waals surface area contributed by atoms with Crippen molar-refractivity contribution in [2.45, 2.75) is 13.5 Å². The largest absolute Gasteiger partial charge is 0.493 e. The number of ether oxygens (including phenoxy) is 2. The molecule has 102 valence electrons. The summed E-state index contributed by atoms with van der Waals surface area (Å²) in [6, 6.07) is 5.23. The summed E-state index contributed by atoms with van der Waals surface area (Å²) in [5.41, 5.74) is 0.786. The van der Waals surface area contributed by atoms with Gasteiger partial charge in [0, 0.05) is 13.1 Å². The third-order valence-corrected chi connectivity index (χ3v) is 3.44. The summed E-state index contributed by atoms with van der Waals surface area (Å²) in [5, 5.41) is 0. The Hall–Kier alpha value is -1.31. The Morgan fingerprint density at radius 3 is 2.33 bits per heavy atom. The molecule has 0 spiro atoms. The first-order chi connectivity index (χ1) is 8.52. The van der Waals surface area contributed by atoms with Crippen molar-refractivity contribution in [2.75, 3.05) is 20.8 Å². The van der Waals surface area contributed by atoms with Crippen LogP contribution < -0.4 is 18.9 Å². The van der Waals surface area contributed by atoms with E-state index in [1.807, 2.05) is 0 Å². The Bertz CT molecular complexity index is 488. The zero-order chi connectivity index (χ0) is 13.6. The molecule has 1 aromatic carbocycles. The number of hydrogen-bond donors (Lipinski definition) is 2. The predicted octanol–water partition coefficient (Wildman–Crippen LogP) is 0.648. The molecule has 0 aliphatic heterocycles. The van der Waals surface area contributed by atoms with E-state index in [0.29, 0.717) is 18.0 Å². The van der Waals surface area contributed by atoms with Gasteiger partial charge in [0.2, 0.25) is 0 Å². The van der Waals surface area contributed by atoms with Gasteiger partial charge in [0.25, 0.3) is 10.2 Å². The van der Waals surface area contributed by atoms with Gasteiger partial charge >= 0.3 is 0 Å². The summed E-state index contributed by atoms with van der Waals surface area (Å²) in [4.78, 5) is 0. The summed E-state index contributed by atoms with van der Waals surface area (Å²) < 4.78 is 37.8. The molecule has 1 rings (SSSR count). The van der Waals surface area contributed by atoms with Gasteiger partial charge in [0.1, 0.15) is 0 Å². The van der Waals surface area contributed by atoms with Crippen LogP contribution in [0.5, 0.6) is 11.5 Å². The third-order valence-electron chi connectivity index (χ3n) is 2.25. The van der Waals surface area contributed by atoms with Crippen molar-refractivity contribution in [2.24, 2.45) is 0 Å². The van der Waals surface area contributed by atoms with E-state index in [1.165, 1.54) is 7.11 Å². The van der Waals surface area contributed by atoms with Crippen molar-refractivity contribution >= 4 is 10.2 Å². The van der Waals surface area contributed by atoms with Gasteiger partial charge in [-0.05, 0) is 17.7 Å². The van der Waals surface area contributed by atoms with Crippen LogP contribution in [0.4, 0.5) is 0 Å². The molecule has 0 heterocycles. The van der Waals surface area contributed by atoms with Gasteiger partial charge in [-0.15, -0.1) is 0 Å². The summed E-state index contributed by atoms with van der Waals surface area (Å²) in [5.74, 6) is 1.17. The van der Waals surface area contributed by atoms with E-state index in [-0.39, 0.29) is 6.54 Å².